The van der Waals surface area contributed by atoms with Crippen molar-refractivity contribution in [2.45, 2.75) is 25.7 Å². The molecule has 1 fully saturated rings. The Balaban J connectivity index is 1.51. The van der Waals surface area contributed by atoms with E-state index in [1.54, 1.807) is 30.6 Å². The first-order valence-corrected chi connectivity index (χ1v) is 10.1. The number of anilines is 1. The molecule has 144 valence electrons. The Morgan fingerprint density at radius 2 is 2.11 bits per heavy atom. The smallest absolute Gasteiger partial charge is 0.224 e. The summed E-state index contributed by atoms with van der Waals surface area (Å²) in [5.41, 5.74) is 3.01. The highest BCUT2D eigenvalue weighted by molar-refractivity contribution is 7.14. The Kier molecular flexibility index (Phi) is 5.25. The zero-order valence-corrected chi connectivity index (χ0v) is 16.3. The van der Waals surface area contributed by atoms with Crippen LogP contribution in [0.15, 0.2) is 42.0 Å². The lowest BCUT2D eigenvalue weighted by Gasteiger charge is -2.24. The van der Waals surface area contributed by atoms with Gasteiger partial charge in [0.05, 0.1) is 41.5 Å². The van der Waals surface area contributed by atoms with E-state index in [-0.39, 0.29) is 11.7 Å². The van der Waals surface area contributed by atoms with Crippen LogP contribution in [-0.2, 0) is 4.79 Å². The first-order valence-electron chi connectivity index (χ1n) is 9.20. The molecule has 1 aliphatic carbocycles. The number of phenolic OH excluding ortho intramolecular Hbond substituents is 1. The Morgan fingerprint density at radius 3 is 2.86 bits per heavy atom. The molecule has 1 saturated carbocycles. The van der Waals surface area contributed by atoms with Gasteiger partial charge in [0.15, 0.2) is 11.5 Å². The summed E-state index contributed by atoms with van der Waals surface area (Å²) in [7, 11) is 1.51. The number of benzene rings is 1. The highest BCUT2D eigenvalue weighted by Gasteiger charge is 2.21. The van der Waals surface area contributed by atoms with Crippen molar-refractivity contribution >= 4 is 22.9 Å². The number of aromatic hydroxyl groups is 1. The van der Waals surface area contributed by atoms with Gasteiger partial charge < -0.3 is 15.2 Å². The predicted octanol–water partition coefficient (Wildman–Crippen LogP) is 4.72. The molecule has 2 heterocycles. The molecule has 1 aliphatic rings. The highest BCUT2D eigenvalue weighted by atomic mass is 32.1. The van der Waals surface area contributed by atoms with E-state index in [1.165, 1.54) is 24.9 Å². The maximum atomic E-state index is 12.1. The molecular formula is C21H21N3O3S. The van der Waals surface area contributed by atoms with Crippen LogP contribution in [0.5, 0.6) is 11.5 Å². The van der Waals surface area contributed by atoms with Crippen molar-refractivity contribution in [3.8, 4) is 33.3 Å². The number of hydrogen-bond acceptors (Lipinski definition) is 6. The van der Waals surface area contributed by atoms with Gasteiger partial charge in [0.2, 0.25) is 5.91 Å². The number of nitrogens with zero attached hydrogens (tertiary/aromatic N) is 2. The fraction of sp³-hybridized carbons (Fsp3) is 0.286. The van der Waals surface area contributed by atoms with Crippen LogP contribution >= 0.6 is 11.3 Å². The van der Waals surface area contributed by atoms with Crippen LogP contribution < -0.4 is 10.1 Å². The summed E-state index contributed by atoms with van der Waals surface area (Å²) in [6.07, 6.45) is 7.53. The lowest BCUT2D eigenvalue weighted by atomic mass is 9.83. The topological polar surface area (TPSA) is 84.3 Å². The average molecular weight is 395 g/mol. The van der Waals surface area contributed by atoms with Crippen LogP contribution in [0.4, 0.5) is 5.69 Å². The van der Waals surface area contributed by atoms with Gasteiger partial charge in [-0.15, -0.1) is 11.3 Å². The third-order valence-electron chi connectivity index (χ3n) is 4.94. The molecule has 0 spiro atoms. The summed E-state index contributed by atoms with van der Waals surface area (Å²) in [6.45, 7) is 0. The van der Waals surface area contributed by atoms with Gasteiger partial charge in [-0.25, -0.2) is 4.98 Å². The molecule has 0 radical (unpaired) electrons. The molecule has 0 unspecified atom stereocenters. The lowest BCUT2D eigenvalue weighted by Crippen LogP contribution is -2.20. The minimum Gasteiger partial charge on any atom is -0.504 e. The summed E-state index contributed by atoms with van der Waals surface area (Å²) < 4.78 is 5.17. The molecular weight excluding hydrogens is 374 g/mol. The van der Waals surface area contributed by atoms with E-state index in [9.17, 15) is 9.90 Å². The van der Waals surface area contributed by atoms with Crippen molar-refractivity contribution in [1.82, 2.24) is 9.97 Å². The molecule has 0 saturated heterocycles. The Hall–Kier alpha value is -2.93. The molecule has 1 aromatic carbocycles. The number of nitrogens with one attached hydrogen (secondary N) is 1. The maximum absolute atomic E-state index is 12.1. The minimum atomic E-state index is 0.0741. The molecule has 2 aromatic heterocycles. The Labute approximate surface area is 167 Å². The van der Waals surface area contributed by atoms with E-state index in [0.29, 0.717) is 23.8 Å². The van der Waals surface area contributed by atoms with Crippen LogP contribution in [0.1, 0.15) is 25.7 Å². The van der Waals surface area contributed by atoms with Gasteiger partial charge in [-0.2, -0.15) is 0 Å². The number of amides is 1. The SMILES string of the molecule is COc1cc(-c2cncc(-c3cc(NC(=O)CC4CCC4)cs3)n2)ccc1O. The number of aromatic nitrogens is 2. The van der Waals surface area contributed by atoms with Crippen molar-refractivity contribution < 1.29 is 14.6 Å². The summed E-state index contributed by atoms with van der Waals surface area (Å²) >= 11 is 1.52. The number of rotatable bonds is 6. The Bertz CT molecular complexity index is 998. The predicted molar refractivity (Wildman–Crippen MR) is 110 cm³/mol. The molecule has 0 atom stereocenters. The van der Waals surface area contributed by atoms with Gasteiger partial charge in [-0.1, -0.05) is 6.42 Å². The zero-order valence-electron chi connectivity index (χ0n) is 15.5. The third kappa shape index (κ3) is 3.99. The summed E-state index contributed by atoms with van der Waals surface area (Å²) in [4.78, 5) is 22.0. The van der Waals surface area contributed by atoms with E-state index in [2.05, 4.69) is 15.3 Å². The third-order valence-corrected chi connectivity index (χ3v) is 5.90. The quantitative estimate of drug-likeness (QED) is 0.631. The lowest BCUT2D eigenvalue weighted by molar-refractivity contribution is -0.117. The highest BCUT2D eigenvalue weighted by Crippen LogP contribution is 2.33. The van der Waals surface area contributed by atoms with Gasteiger partial charge in [0.1, 0.15) is 0 Å². The molecule has 7 heteroatoms. The molecule has 1 amide bonds. The number of thiophene rings is 1. The fourth-order valence-electron chi connectivity index (χ4n) is 3.17. The van der Waals surface area contributed by atoms with Crippen LogP contribution in [0, 0.1) is 5.92 Å². The van der Waals surface area contributed by atoms with Crippen molar-refractivity contribution in [2.24, 2.45) is 5.92 Å². The van der Waals surface area contributed by atoms with Crippen LogP contribution in [0.3, 0.4) is 0 Å². The minimum absolute atomic E-state index is 0.0741. The van der Waals surface area contributed by atoms with Crippen molar-refractivity contribution in [3.63, 3.8) is 0 Å². The van der Waals surface area contributed by atoms with E-state index in [4.69, 9.17) is 4.74 Å². The van der Waals surface area contributed by atoms with Gasteiger partial charge in [-0.05, 0) is 43.0 Å². The summed E-state index contributed by atoms with van der Waals surface area (Å²) in [6, 6.07) is 6.99. The molecule has 28 heavy (non-hydrogen) atoms. The van der Waals surface area contributed by atoms with E-state index in [1.807, 2.05) is 11.4 Å². The fourth-order valence-corrected chi connectivity index (χ4v) is 3.96. The number of carbonyl (C=O) groups excluding carboxylic acids is 1. The van der Waals surface area contributed by atoms with Crippen LogP contribution in [0.2, 0.25) is 0 Å². The van der Waals surface area contributed by atoms with E-state index in [0.717, 1.165) is 34.7 Å². The summed E-state index contributed by atoms with van der Waals surface area (Å²) in [5.74, 6) is 1.08. The molecule has 0 bridgehead atoms. The Morgan fingerprint density at radius 1 is 1.29 bits per heavy atom. The van der Waals surface area contributed by atoms with E-state index >= 15 is 0 Å². The second-order valence-electron chi connectivity index (χ2n) is 6.93. The number of ether oxygens (including phenoxy) is 1. The van der Waals surface area contributed by atoms with Gasteiger partial charge in [-0.3, -0.25) is 9.78 Å². The van der Waals surface area contributed by atoms with Gasteiger partial charge >= 0.3 is 0 Å². The van der Waals surface area contributed by atoms with Gasteiger partial charge in [0.25, 0.3) is 0 Å². The molecule has 4 rings (SSSR count). The number of carbonyl (C=O) groups is 1. The van der Waals surface area contributed by atoms with E-state index < -0.39 is 0 Å². The number of phenols is 1. The largest absolute Gasteiger partial charge is 0.504 e. The second-order valence-corrected chi connectivity index (χ2v) is 7.84. The monoisotopic (exact) mass is 395 g/mol. The standard InChI is InChI=1S/C21H21N3O3S/c1-27-19-8-14(5-6-18(19)25)16-10-22-11-17(24-16)20-9-15(12-28-20)23-21(26)7-13-3-2-4-13/h5-6,8-13,25H,2-4,7H2,1H3,(H,23,26). The molecule has 0 aliphatic heterocycles. The second kappa shape index (κ2) is 7.98. The van der Waals surface area contributed by atoms with Crippen LogP contribution in [0.25, 0.3) is 21.8 Å². The number of hydrogen-bond donors (Lipinski definition) is 2. The van der Waals surface area contributed by atoms with Gasteiger partial charge in [0, 0.05) is 17.4 Å². The molecule has 2 N–H and O–H groups in total. The first-order chi connectivity index (χ1) is 13.6. The molecule has 3 aromatic rings. The van der Waals surface area contributed by atoms with Crippen molar-refractivity contribution in [1.29, 1.82) is 0 Å². The molecule has 6 nitrogen and oxygen atoms in total. The van der Waals surface area contributed by atoms with Crippen molar-refractivity contribution in [2.75, 3.05) is 12.4 Å². The number of methoxy groups -OCH3 is 1. The zero-order chi connectivity index (χ0) is 19.5. The first kappa shape index (κ1) is 18.4. The maximum Gasteiger partial charge on any atom is 0.224 e. The summed E-state index contributed by atoms with van der Waals surface area (Å²) in [5, 5.41) is 14.7. The normalized spacial score (nSPS) is 13.8. The van der Waals surface area contributed by atoms with Crippen LogP contribution in [-0.4, -0.2) is 28.1 Å². The van der Waals surface area contributed by atoms with Crippen molar-refractivity contribution in [3.05, 3.63) is 42.0 Å². The average Bonchev–Trinajstić information content (AvgIpc) is 3.14.